The van der Waals surface area contributed by atoms with Gasteiger partial charge in [0.25, 0.3) is 0 Å². The second-order valence-corrected chi connectivity index (χ2v) is 10.6. The molecule has 6 heteroatoms. The van der Waals surface area contributed by atoms with Gasteiger partial charge in [-0.25, -0.2) is 4.79 Å². The summed E-state index contributed by atoms with van der Waals surface area (Å²) in [5.41, 5.74) is -1.39. The van der Waals surface area contributed by atoms with E-state index >= 15 is 0 Å². The van der Waals surface area contributed by atoms with Crippen molar-refractivity contribution in [3.63, 3.8) is 0 Å². The SMILES string of the molecule is C/C1=C\CC(C)(C)C(=O)CC/C=C/[C@H]2[C@@H](OC(=O)c3ccc(Br)cc3)[C@@H](C)C[C@]2(O)C1=O. The third-order valence-electron chi connectivity index (χ3n) is 6.73. The average Bonchev–Trinajstić information content (AvgIpc) is 2.98. The number of carbonyl (C=O) groups is 3. The van der Waals surface area contributed by atoms with Crippen LogP contribution in [-0.4, -0.2) is 34.3 Å². The van der Waals surface area contributed by atoms with E-state index in [9.17, 15) is 19.5 Å². The van der Waals surface area contributed by atoms with E-state index in [0.29, 0.717) is 30.4 Å². The summed E-state index contributed by atoms with van der Waals surface area (Å²) in [5, 5.41) is 11.6. The number of esters is 1. The van der Waals surface area contributed by atoms with E-state index in [-0.39, 0.29) is 23.9 Å². The highest BCUT2D eigenvalue weighted by Crippen LogP contribution is 2.45. The Hall–Kier alpha value is -2.05. The van der Waals surface area contributed by atoms with Gasteiger partial charge >= 0.3 is 5.97 Å². The second-order valence-electron chi connectivity index (χ2n) is 9.70. The number of hydrogen-bond acceptors (Lipinski definition) is 5. The standard InChI is InChI=1S/C26H31BrO5/c1-16-13-14-25(3,4)21(28)8-6-5-7-20-22(17(2)15-26(20,31)23(16)29)32-24(30)18-9-11-19(27)12-10-18/h5,7,9-13,17,20,22,31H,6,8,14-15H2,1-4H3/b7-5+,16-13+/t17-,20-,22-,26+/m0/s1. The number of aliphatic hydroxyl groups is 1. The summed E-state index contributed by atoms with van der Waals surface area (Å²) in [6.07, 6.45) is 6.22. The summed E-state index contributed by atoms with van der Waals surface area (Å²) in [7, 11) is 0. The van der Waals surface area contributed by atoms with Gasteiger partial charge in [0, 0.05) is 16.3 Å². The molecule has 1 aromatic carbocycles. The first-order valence-corrected chi connectivity index (χ1v) is 11.9. The number of hydrogen-bond donors (Lipinski definition) is 1. The number of ketones is 2. The number of ether oxygens (including phenoxy) is 1. The van der Waals surface area contributed by atoms with Gasteiger partial charge in [0.2, 0.25) is 0 Å². The number of rotatable bonds is 2. The zero-order chi connectivity index (χ0) is 23.7. The van der Waals surface area contributed by atoms with Crippen molar-refractivity contribution in [1.82, 2.24) is 0 Å². The quantitative estimate of drug-likeness (QED) is 0.443. The van der Waals surface area contributed by atoms with Crippen LogP contribution in [0.2, 0.25) is 0 Å². The molecule has 3 rings (SSSR count). The minimum absolute atomic E-state index is 0.132. The Morgan fingerprint density at radius 2 is 1.84 bits per heavy atom. The first kappa shape index (κ1) is 24.6. The molecule has 1 fully saturated rings. The highest BCUT2D eigenvalue weighted by molar-refractivity contribution is 9.10. The Morgan fingerprint density at radius 3 is 2.50 bits per heavy atom. The van der Waals surface area contributed by atoms with E-state index in [1.54, 1.807) is 43.3 Å². The Bertz CT molecular complexity index is 959. The monoisotopic (exact) mass is 502 g/mol. The maximum Gasteiger partial charge on any atom is 0.338 e. The molecule has 0 unspecified atom stereocenters. The largest absolute Gasteiger partial charge is 0.458 e. The molecular formula is C26H31BrO5. The Balaban J connectivity index is 1.93. The molecule has 5 nitrogen and oxygen atoms in total. The summed E-state index contributed by atoms with van der Waals surface area (Å²) < 4.78 is 6.69. The van der Waals surface area contributed by atoms with E-state index in [2.05, 4.69) is 15.9 Å². The minimum Gasteiger partial charge on any atom is -0.458 e. The van der Waals surface area contributed by atoms with E-state index in [1.165, 1.54) is 0 Å². The zero-order valence-electron chi connectivity index (χ0n) is 19.1. The highest BCUT2D eigenvalue weighted by Gasteiger charge is 2.56. The van der Waals surface area contributed by atoms with E-state index < -0.39 is 29.0 Å². The van der Waals surface area contributed by atoms with Gasteiger partial charge in [-0.2, -0.15) is 0 Å². The second kappa shape index (κ2) is 9.44. The van der Waals surface area contributed by atoms with Gasteiger partial charge < -0.3 is 9.84 Å². The fraction of sp³-hybridized carbons (Fsp3) is 0.500. The summed E-state index contributed by atoms with van der Waals surface area (Å²) in [6, 6.07) is 6.86. The summed E-state index contributed by atoms with van der Waals surface area (Å²) >= 11 is 3.35. The minimum atomic E-state index is -1.66. The molecule has 0 radical (unpaired) electrons. The molecule has 2 aliphatic rings. The highest BCUT2D eigenvalue weighted by atomic mass is 79.9. The van der Waals surface area contributed by atoms with Crippen molar-refractivity contribution in [1.29, 1.82) is 0 Å². The molecule has 0 aliphatic heterocycles. The smallest absolute Gasteiger partial charge is 0.338 e. The molecule has 0 aromatic heterocycles. The molecule has 4 atom stereocenters. The number of allylic oxidation sites excluding steroid dienone is 2. The van der Waals surface area contributed by atoms with Gasteiger partial charge in [0.1, 0.15) is 17.5 Å². The number of carbonyl (C=O) groups excluding carboxylic acids is 3. The number of halogens is 1. The molecule has 2 aliphatic carbocycles. The first-order chi connectivity index (χ1) is 15.0. The fourth-order valence-corrected chi connectivity index (χ4v) is 4.86. The van der Waals surface area contributed by atoms with E-state index in [1.807, 2.05) is 26.8 Å². The lowest BCUT2D eigenvalue weighted by molar-refractivity contribution is -0.137. The molecule has 1 aromatic rings. The van der Waals surface area contributed by atoms with Crippen molar-refractivity contribution in [3.05, 3.63) is 58.1 Å². The molecule has 0 spiro atoms. The molecule has 172 valence electrons. The lowest BCUT2D eigenvalue weighted by Gasteiger charge is -2.30. The van der Waals surface area contributed by atoms with Crippen molar-refractivity contribution in [2.24, 2.45) is 17.3 Å². The third kappa shape index (κ3) is 4.96. The maximum absolute atomic E-state index is 13.4. The normalized spacial score (nSPS) is 33.3. The number of Topliss-reactive ketones (excluding diaryl/α,β-unsaturated/α-hetero) is 2. The fourth-order valence-electron chi connectivity index (χ4n) is 4.60. The molecule has 0 bridgehead atoms. The molecule has 1 saturated carbocycles. The Morgan fingerprint density at radius 1 is 1.19 bits per heavy atom. The lowest BCUT2D eigenvalue weighted by Crippen LogP contribution is -2.45. The van der Waals surface area contributed by atoms with E-state index in [0.717, 1.165) is 4.47 Å². The van der Waals surface area contributed by atoms with Crippen LogP contribution in [0.15, 0.2) is 52.5 Å². The van der Waals surface area contributed by atoms with Gasteiger partial charge in [0.05, 0.1) is 11.5 Å². The van der Waals surface area contributed by atoms with Gasteiger partial charge in [-0.1, -0.05) is 54.9 Å². The van der Waals surface area contributed by atoms with Crippen LogP contribution >= 0.6 is 15.9 Å². The zero-order valence-corrected chi connectivity index (χ0v) is 20.6. The van der Waals surface area contributed by atoms with Crippen LogP contribution in [0.5, 0.6) is 0 Å². The van der Waals surface area contributed by atoms with Crippen molar-refractivity contribution < 1.29 is 24.2 Å². The average molecular weight is 503 g/mol. The Kier molecular flexibility index (Phi) is 7.25. The first-order valence-electron chi connectivity index (χ1n) is 11.1. The molecular weight excluding hydrogens is 472 g/mol. The van der Waals surface area contributed by atoms with Gasteiger partial charge in [-0.3, -0.25) is 9.59 Å². The maximum atomic E-state index is 13.4. The predicted octanol–water partition coefficient (Wildman–Crippen LogP) is 5.21. The van der Waals surface area contributed by atoms with Crippen LogP contribution < -0.4 is 0 Å². The van der Waals surface area contributed by atoms with Gasteiger partial charge in [0.15, 0.2) is 5.78 Å². The van der Waals surface area contributed by atoms with E-state index in [4.69, 9.17) is 4.74 Å². The Labute approximate surface area is 198 Å². The predicted molar refractivity (Wildman–Crippen MR) is 126 cm³/mol. The van der Waals surface area contributed by atoms with Crippen LogP contribution in [-0.2, 0) is 14.3 Å². The number of benzene rings is 1. The van der Waals surface area contributed by atoms with Crippen LogP contribution in [0.4, 0.5) is 0 Å². The van der Waals surface area contributed by atoms with Crippen LogP contribution in [0.3, 0.4) is 0 Å². The van der Waals surface area contributed by atoms with Crippen LogP contribution in [0, 0.1) is 17.3 Å². The molecule has 0 saturated heterocycles. The van der Waals surface area contributed by atoms with Crippen molar-refractivity contribution >= 4 is 33.5 Å². The third-order valence-corrected chi connectivity index (χ3v) is 7.26. The van der Waals surface area contributed by atoms with Crippen LogP contribution in [0.25, 0.3) is 0 Å². The van der Waals surface area contributed by atoms with Gasteiger partial charge in [-0.05, 0) is 61.9 Å². The topological polar surface area (TPSA) is 80.7 Å². The summed E-state index contributed by atoms with van der Waals surface area (Å²) in [4.78, 5) is 38.8. The van der Waals surface area contributed by atoms with Crippen LogP contribution in [0.1, 0.15) is 63.7 Å². The summed E-state index contributed by atoms with van der Waals surface area (Å²) in [6.45, 7) is 7.33. The lowest BCUT2D eigenvalue weighted by atomic mass is 9.78. The molecule has 32 heavy (non-hydrogen) atoms. The molecule has 1 N–H and O–H groups in total. The van der Waals surface area contributed by atoms with Crippen molar-refractivity contribution in [2.75, 3.05) is 0 Å². The van der Waals surface area contributed by atoms with Gasteiger partial charge in [-0.15, -0.1) is 0 Å². The molecule has 0 heterocycles. The van der Waals surface area contributed by atoms with Crippen molar-refractivity contribution in [3.8, 4) is 0 Å². The summed E-state index contributed by atoms with van der Waals surface area (Å²) in [5.74, 6) is -1.63. The molecule has 0 amide bonds. The number of fused-ring (bicyclic) bond motifs is 1. The van der Waals surface area contributed by atoms with Crippen molar-refractivity contribution in [2.45, 2.75) is 65.1 Å².